The Morgan fingerprint density at radius 2 is 2.19 bits per heavy atom. The molecule has 2 amide bonds. The molecule has 6 nitrogen and oxygen atoms in total. The van der Waals surface area contributed by atoms with Crippen LogP contribution in [-0.4, -0.2) is 40.9 Å². The summed E-state index contributed by atoms with van der Waals surface area (Å²) < 4.78 is 0.784. The van der Waals surface area contributed by atoms with E-state index in [2.05, 4.69) is 26.6 Å². The highest BCUT2D eigenvalue weighted by atomic mass is 79.9. The Kier molecular flexibility index (Phi) is 7.24. The Labute approximate surface area is 134 Å². The second-order valence-electron chi connectivity index (χ2n) is 4.22. The molecule has 0 aliphatic rings. The topological polar surface area (TPSA) is 95.5 Å². The molecule has 0 spiro atoms. The largest absolute Gasteiger partial charge is 0.480 e. The van der Waals surface area contributed by atoms with Crippen molar-refractivity contribution in [3.05, 3.63) is 28.2 Å². The lowest BCUT2D eigenvalue weighted by Crippen LogP contribution is -2.38. The molecule has 8 heteroatoms. The molecule has 0 aromatic heterocycles. The van der Waals surface area contributed by atoms with E-state index < -0.39 is 12.0 Å². The van der Waals surface area contributed by atoms with Gasteiger partial charge in [0.2, 0.25) is 12.3 Å². The zero-order valence-electron chi connectivity index (χ0n) is 11.3. The second kappa shape index (κ2) is 8.68. The predicted molar refractivity (Wildman–Crippen MR) is 85.5 cm³/mol. The molecule has 1 unspecified atom stereocenters. The SMILES string of the molecule is Cc1ccc(NC(=O)CSCC(NC=O)C(=O)O)c(Br)c1. The van der Waals surface area contributed by atoms with Crippen LogP contribution in [-0.2, 0) is 14.4 Å². The van der Waals surface area contributed by atoms with Crippen LogP contribution in [0.4, 0.5) is 5.69 Å². The fourth-order valence-electron chi connectivity index (χ4n) is 1.45. The number of hydrogen-bond acceptors (Lipinski definition) is 4. The molecule has 1 aromatic rings. The predicted octanol–water partition coefficient (Wildman–Crippen LogP) is 1.63. The molecule has 0 bridgehead atoms. The third-order valence-electron chi connectivity index (χ3n) is 2.48. The number of carbonyl (C=O) groups excluding carboxylic acids is 2. The number of aliphatic carboxylic acids is 1. The Morgan fingerprint density at radius 1 is 1.48 bits per heavy atom. The van der Waals surface area contributed by atoms with Gasteiger partial charge in [0.1, 0.15) is 6.04 Å². The van der Waals surface area contributed by atoms with Crippen molar-refractivity contribution in [2.24, 2.45) is 0 Å². The summed E-state index contributed by atoms with van der Waals surface area (Å²) in [5, 5.41) is 13.7. The van der Waals surface area contributed by atoms with Crippen LogP contribution < -0.4 is 10.6 Å². The number of anilines is 1. The minimum absolute atomic E-state index is 0.102. The molecule has 0 radical (unpaired) electrons. The first-order valence-electron chi connectivity index (χ1n) is 6.00. The van der Waals surface area contributed by atoms with Crippen molar-refractivity contribution < 1.29 is 19.5 Å². The summed E-state index contributed by atoms with van der Waals surface area (Å²) in [6.45, 7) is 1.94. The zero-order valence-corrected chi connectivity index (χ0v) is 13.7. The monoisotopic (exact) mass is 374 g/mol. The van der Waals surface area contributed by atoms with Crippen LogP contribution in [0.3, 0.4) is 0 Å². The summed E-state index contributed by atoms with van der Waals surface area (Å²) in [4.78, 5) is 32.8. The van der Waals surface area contributed by atoms with Crippen molar-refractivity contribution in [3.63, 3.8) is 0 Å². The molecule has 21 heavy (non-hydrogen) atoms. The number of carbonyl (C=O) groups is 3. The number of hydrogen-bond donors (Lipinski definition) is 3. The fraction of sp³-hybridized carbons (Fsp3) is 0.308. The van der Waals surface area contributed by atoms with E-state index in [1.165, 1.54) is 0 Å². The molecule has 1 rings (SSSR count). The molecule has 0 saturated heterocycles. The van der Waals surface area contributed by atoms with E-state index in [0.717, 1.165) is 21.8 Å². The number of aryl methyl sites for hydroxylation is 1. The van der Waals surface area contributed by atoms with Crippen molar-refractivity contribution in [1.29, 1.82) is 0 Å². The van der Waals surface area contributed by atoms with Gasteiger partial charge in [0.25, 0.3) is 0 Å². The van der Waals surface area contributed by atoms with Crippen LogP contribution in [0.1, 0.15) is 5.56 Å². The Bertz CT molecular complexity index is 539. The number of nitrogens with one attached hydrogen (secondary N) is 2. The Balaban J connectivity index is 2.43. The molecule has 1 atom stereocenters. The Morgan fingerprint density at radius 3 is 2.76 bits per heavy atom. The van der Waals surface area contributed by atoms with Crippen LogP contribution in [0.2, 0.25) is 0 Å². The van der Waals surface area contributed by atoms with Crippen molar-refractivity contribution >= 4 is 51.7 Å². The van der Waals surface area contributed by atoms with E-state index in [1.54, 1.807) is 6.07 Å². The number of carboxylic acids is 1. The maximum absolute atomic E-state index is 11.8. The summed E-state index contributed by atoms with van der Waals surface area (Å²) in [6.07, 6.45) is 0.336. The number of benzene rings is 1. The molecule has 0 aliphatic heterocycles. The Hall–Kier alpha value is -1.54. The average Bonchev–Trinajstić information content (AvgIpc) is 2.41. The van der Waals surface area contributed by atoms with Crippen molar-refractivity contribution in [3.8, 4) is 0 Å². The normalized spacial score (nSPS) is 11.5. The molecule has 114 valence electrons. The minimum Gasteiger partial charge on any atom is -0.480 e. The lowest BCUT2D eigenvalue weighted by atomic mass is 10.2. The lowest BCUT2D eigenvalue weighted by Gasteiger charge is -2.11. The van der Waals surface area contributed by atoms with Gasteiger partial charge in [-0.1, -0.05) is 6.07 Å². The molecule has 0 fully saturated rings. The molecular weight excluding hydrogens is 360 g/mol. The highest BCUT2D eigenvalue weighted by Gasteiger charge is 2.16. The number of rotatable bonds is 8. The first kappa shape index (κ1) is 17.5. The van der Waals surface area contributed by atoms with Gasteiger partial charge in [0.05, 0.1) is 11.4 Å². The second-order valence-corrected chi connectivity index (χ2v) is 6.11. The van der Waals surface area contributed by atoms with E-state index in [0.29, 0.717) is 12.1 Å². The number of halogens is 1. The third kappa shape index (κ3) is 6.17. The summed E-state index contributed by atoms with van der Waals surface area (Å²) in [5.41, 5.74) is 1.73. The maximum atomic E-state index is 11.8. The van der Waals surface area contributed by atoms with E-state index in [9.17, 15) is 14.4 Å². The number of carboxylic acid groups (broad SMARTS) is 1. The summed E-state index contributed by atoms with van der Waals surface area (Å²) in [7, 11) is 0. The van der Waals surface area contributed by atoms with E-state index in [1.807, 2.05) is 19.1 Å². The smallest absolute Gasteiger partial charge is 0.327 e. The van der Waals surface area contributed by atoms with E-state index in [-0.39, 0.29) is 17.4 Å². The van der Waals surface area contributed by atoms with E-state index >= 15 is 0 Å². The van der Waals surface area contributed by atoms with Crippen molar-refractivity contribution in [2.45, 2.75) is 13.0 Å². The zero-order chi connectivity index (χ0) is 15.8. The standard InChI is InChI=1S/C13H15BrN2O4S/c1-8-2-3-10(9(14)4-8)16-12(18)6-21-5-11(13(19)20)15-7-17/h2-4,7,11H,5-6H2,1H3,(H,15,17)(H,16,18)(H,19,20). The van der Waals surface area contributed by atoms with Gasteiger partial charge >= 0.3 is 5.97 Å². The van der Waals surface area contributed by atoms with Gasteiger partial charge in [-0.2, -0.15) is 0 Å². The van der Waals surface area contributed by atoms with Gasteiger partial charge in [-0.3, -0.25) is 9.59 Å². The number of thioether (sulfide) groups is 1. The maximum Gasteiger partial charge on any atom is 0.327 e. The fourth-order valence-corrected chi connectivity index (χ4v) is 2.89. The van der Waals surface area contributed by atoms with Crippen LogP contribution in [0, 0.1) is 6.92 Å². The minimum atomic E-state index is -1.13. The molecular formula is C13H15BrN2O4S. The van der Waals surface area contributed by atoms with Crippen LogP contribution in [0.5, 0.6) is 0 Å². The first-order chi connectivity index (χ1) is 9.93. The first-order valence-corrected chi connectivity index (χ1v) is 7.95. The van der Waals surface area contributed by atoms with Gasteiger partial charge in [-0.05, 0) is 40.5 Å². The van der Waals surface area contributed by atoms with Gasteiger partial charge in [-0.25, -0.2) is 4.79 Å². The average molecular weight is 375 g/mol. The molecule has 0 heterocycles. The number of amides is 2. The molecule has 3 N–H and O–H groups in total. The van der Waals surface area contributed by atoms with Gasteiger partial charge in [0, 0.05) is 10.2 Å². The van der Waals surface area contributed by atoms with Gasteiger partial charge in [-0.15, -0.1) is 11.8 Å². The summed E-state index contributed by atoms with van der Waals surface area (Å²) >= 11 is 4.49. The molecule has 1 aromatic carbocycles. The quantitative estimate of drug-likeness (QED) is 0.601. The highest BCUT2D eigenvalue weighted by Crippen LogP contribution is 2.23. The van der Waals surface area contributed by atoms with Crippen LogP contribution in [0.15, 0.2) is 22.7 Å². The van der Waals surface area contributed by atoms with Crippen molar-refractivity contribution in [1.82, 2.24) is 5.32 Å². The van der Waals surface area contributed by atoms with Crippen LogP contribution in [0.25, 0.3) is 0 Å². The lowest BCUT2D eigenvalue weighted by molar-refractivity contribution is -0.139. The van der Waals surface area contributed by atoms with E-state index in [4.69, 9.17) is 5.11 Å². The summed E-state index contributed by atoms with van der Waals surface area (Å²) in [6, 6.07) is 4.56. The van der Waals surface area contributed by atoms with Crippen LogP contribution >= 0.6 is 27.7 Å². The van der Waals surface area contributed by atoms with Crippen molar-refractivity contribution in [2.75, 3.05) is 16.8 Å². The molecule has 0 aliphatic carbocycles. The third-order valence-corrected chi connectivity index (χ3v) is 4.18. The highest BCUT2D eigenvalue weighted by molar-refractivity contribution is 9.10. The molecule has 0 saturated carbocycles. The summed E-state index contributed by atoms with van der Waals surface area (Å²) in [5.74, 6) is -1.14. The van der Waals surface area contributed by atoms with Gasteiger partial charge in [0.15, 0.2) is 0 Å². The van der Waals surface area contributed by atoms with Gasteiger partial charge < -0.3 is 15.7 Å².